The molecule has 1 unspecified atom stereocenters. The van der Waals surface area contributed by atoms with Crippen LogP contribution < -0.4 is 11.1 Å². The number of nitrogen functional groups attached to an aromatic ring is 1. The maximum absolute atomic E-state index is 13.3. The molecule has 3 N–H and O–H groups in total. The van der Waals surface area contributed by atoms with E-state index in [9.17, 15) is 9.18 Å². The van der Waals surface area contributed by atoms with E-state index in [0.29, 0.717) is 4.47 Å². The summed E-state index contributed by atoms with van der Waals surface area (Å²) < 4.78 is 13.6. The summed E-state index contributed by atoms with van der Waals surface area (Å²) in [6, 6.07) is 7.68. The number of aromatic nitrogens is 1. The summed E-state index contributed by atoms with van der Waals surface area (Å²) in [5.74, 6) is -0.909. The molecule has 0 fully saturated rings. The molecule has 1 aromatic carbocycles. The molecule has 0 spiro atoms. The number of halogens is 2. The quantitative estimate of drug-likeness (QED) is 0.846. The molecule has 4 nitrogen and oxygen atoms in total. The highest BCUT2D eigenvalue weighted by Crippen LogP contribution is 2.23. The van der Waals surface area contributed by atoms with Crippen LogP contribution in [0, 0.1) is 5.82 Å². The third-order valence-electron chi connectivity index (χ3n) is 2.81. The number of hydrogen-bond donors (Lipinski definition) is 2. The maximum atomic E-state index is 13.3. The average Bonchev–Trinajstić information content (AvgIpc) is 2.43. The van der Waals surface area contributed by atoms with Crippen molar-refractivity contribution in [1.29, 1.82) is 0 Å². The molecule has 0 radical (unpaired) electrons. The van der Waals surface area contributed by atoms with Gasteiger partial charge in [-0.2, -0.15) is 0 Å². The Morgan fingerprint density at radius 3 is 2.85 bits per heavy atom. The molecule has 2 rings (SSSR count). The molecular weight excluding hydrogens is 325 g/mol. The van der Waals surface area contributed by atoms with Gasteiger partial charge in [-0.05, 0) is 47.1 Å². The highest BCUT2D eigenvalue weighted by Gasteiger charge is 2.16. The Labute approximate surface area is 124 Å². The minimum Gasteiger partial charge on any atom is -0.396 e. The zero-order valence-electron chi connectivity index (χ0n) is 10.7. The van der Waals surface area contributed by atoms with Crippen molar-refractivity contribution in [3.05, 3.63) is 58.1 Å². The Bertz CT molecular complexity index is 634. The molecule has 0 saturated carbocycles. The second kappa shape index (κ2) is 6.00. The predicted molar refractivity (Wildman–Crippen MR) is 78.6 cm³/mol. The maximum Gasteiger partial charge on any atom is 0.253 e. The van der Waals surface area contributed by atoms with Gasteiger partial charge in [0.15, 0.2) is 0 Å². The number of benzene rings is 1. The molecule has 104 valence electrons. The fraction of sp³-hybridized carbons (Fsp3) is 0.143. The van der Waals surface area contributed by atoms with E-state index in [2.05, 4.69) is 26.2 Å². The van der Waals surface area contributed by atoms with Gasteiger partial charge in [0.1, 0.15) is 5.82 Å². The Hall–Kier alpha value is -1.95. The van der Waals surface area contributed by atoms with Crippen molar-refractivity contribution in [1.82, 2.24) is 10.3 Å². The number of nitrogens with zero attached hydrogens (tertiary/aromatic N) is 1. The zero-order valence-corrected chi connectivity index (χ0v) is 12.3. The second-order valence-electron chi connectivity index (χ2n) is 4.30. The largest absolute Gasteiger partial charge is 0.396 e. The van der Waals surface area contributed by atoms with E-state index >= 15 is 0 Å². The van der Waals surface area contributed by atoms with E-state index in [1.807, 2.05) is 19.1 Å². The lowest BCUT2D eigenvalue weighted by molar-refractivity contribution is 0.0938. The molecule has 6 heteroatoms. The smallest absolute Gasteiger partial charge is 0.253 e. The molecule has 0 bridgehead atoms. The number of hydrogen-bond acceptors (Lipinski definition) is 3. The standard InChI is InChI=1S/C14H13BrFN3O/c1-8(13-4-2-3-5-18-13)19-14(20)9-6-12(17)11(16)7-10(9)15/h2-8H,17H2,1H3,(H,19,20). The van der Waals surface area contributed by atoms with Gasteiger partial charge in [-0.1, -0.05) is 6.07 Å². The fourth-order valence-electron chi connectivity index (χ4n) is 1.72. The first-order valence-corrected chi connectivity index (χ1v) is 6.74. The van der Waals surface area contributed by atoms with Crippen molar-refractivity contribution in [3.63, 3.8) is 0 Å². The Kier molecular flexibility index (Phi) is 4.34. The Morgan fingerprint density at radius 2 is 2.20 bits per heavy atom. The predicted octanol–water partition coefficient (Wildman–Crippen LogP) is 3.06. The van der Waals surface area contributed by atoms with E-state index in [0.717, 1.165) is 5.69 Å². The van der Waals surface area contributed by atoms with Crippen LogP contribution in [0.3, 0.4) is 0 Å². The summed E-state index contributed by atoms with van der Waals surface area (Å²) in [4.78, 5) is 16.3. The Morgan fingerprint density at radius 1 is 1.45 bits per heavy atom. The molecule has 0 aliphatic rings. The number of carbonyl (C=O) groups excluding carboxylic acids is 1. The van der Waals surface area contributed by atoms with Crippen LogP contribution >= 0.6 is 15.9 Å². The SMILES string of the molecule is CC(NC(=O)c1cc(N)c(F)cc1Br)c1ccccn1. The molecule has 0 aliphatic carbocycles. The van der Waals surface area contributed by atoms with E-state index in [-0.39, 0.29) is 23.2 Å². The molecule has 2 aromatic rings. The molecule has 1 amide bonds. The van der Waals surface area contributed by atoms with Crippen molar-refractivity contribution in [2.24, 2.45) is 0 Å². The minimum atomic E-state index is -0.564. The number of nitrogens with two attached hydrogens (primary N) is 1. The first-order chi connectivity index (χ1) is 9.49. The molecular formula is C14H13BrFN3O. The van der Waals surface area contributed by atoms with Crippen molar-refractivity contribution >= 4 is 27.5 Å². The van der Waals surface area contributed by atoms with E-state index in [1.165, 1.54) is 12.1 Å². The fourth-order valence-corrected chi connectivity index (χ4v) is 2.22. The van der Waals surface area contributed by atoms with Crippen molar-refractivity contribution in [2.75, 3.05) is 5.73 Å². The molecule has 0 saturated heterocycles. The van der Waals surface area contributed by atoms with Crippen LogP contribution in [-0.2, 0) is 0 Å². The first-order valence-electron chi connectivity index (χ1n) is 5.95. The van der Waals surface area contributed by atoms with Gasteiger partial charge in [-0.25, -0.2) is 4.39 Å². The number of pyridine rings is 1. The minimum absolute atomic E-state index is 0.0659. The number of nitrogens with one attached hydrogen (secondary N) is 1. The van der Waals surface area contributed by atoms with E-state index < -0.39 is 5.82 Å². The normalized spacial score (nSPS) is 11.9. The summed E-state index contributed by atoms with van der Waals surface area (Å²) in [6.07, 6.45) is 1.66. The van der Waals surface area contributed by atoms with Gasteiger partial charge in [0.25, 0.3) is 5.91 Å². The van der Waals surface area contributed by atoms with Crippen LogP contribution in [-0.4, -0.2) is 10.9 Å². The molecule has 20 heavy (non-hydrogen) atoms. The second-order valence-corrected chi connectivity index (χ2v) is 5.16. The van der Waals surface area contributed by atoms with Gasteiger partial charge in [-0.15, -0.1) is 0 Å². The van der Waals surface area contributed by atoms with Crippen LogP contribution in [0.5, 0.6) is 0 Å². The van der Waals surface area contributed by atoms with Crippen LogP contribution in [0.2, 0.25) is 0 Å². The zero-order chi connectivity index (χ0) is 14.7. The highest BCUT2D eigenvalue weighted by atomic mass is 79.9. The third-order valence-corrected chi connectivity index (χ3v) is 3.47. The van der Waals surface area contributed by atoms with Gasteiger partial charge >= 0.3 is 0 Å². The Balaban J connectivity index is 2.19. The number of carbonyl (C=O) groups is 1. The van der Waals surface area contributed by atoms with Crippen molar-refractivity contribution in [2.45, 2.75) is 13.0 Å². The van der Waals surface area contributed by atoms with E-state index in [4.69, 9.17) is 5.73 Å². The molecule has 1 aromatic heterocycles. The molecule has 1 heterocycles. The van der Waals surface area contributed by atoms with E-state index in [1.54, 1.807) is 12.3 Å². The topological polar surface area (TPSA) is 68.0 Å². The third kappa shape index (κ3) is 3.14. The lowest BCUT2D eigenvalue weighted by atomic mass is 10.1. The average molecular weight is 338 g/mol. The highest BCUT2D eigenvalue weighted by molar-refractivity contribution is 9.10. The summed E-state index contributed by atoms with van der Waals surface area (Å²) in [7, 11) is 0. The van der Waals surface area contributed by atoms with Crippen LogP contribution in [0.25, 0.3) is 0 Å². The summed E-state index contributed by atoms with van der Waals surface area (Å²) in [5, 5.41) is 2.79. The van der Waals surface area contributed by atoms with Crippen molar-refractivity contribution < 1.29 is 9.18 Å². The number of anilines is 1. The lowest BCUT2D eigenvalue weighted by Gasteiger charge is -2.14. The van der Waals surface area contributed by atoms with Gasteiger partial charge in [0.2, 0.25) is 0 Å². The number of amides is 1. The summed E-state index contributed by atoms with van der Waals surface area (Å²) in [5.41, 5.74) is 6.44. The first kappa shape index (κ1) is 14.5. The van der Waals surface area contributed by atoms with Crippen LogP contribution in [0.4, 0.5) is 10.1 Å². The number of rotatable bonds is 3. The monoisotopic (exact) mass is 337 g/mol. The van der Waals surface area contributed by atoms with Gasteiger partial charge in [0.05, 0.1) is 23.0 Å². The van der Waals surface area contributed by atoms with Crippen molar-refractivity contribution in [3.8, 4) is 0 Å². The van der Waals surface area contributed by atoms with Crippen LogP contribution in [0.1, 0.15) is 29.0 Å². The van der Waals surface area contributed by atoms with Gasteiger partial charge in [-0.3, -0.25) is 9.78 Å². The summed E-state index contributed by atoms with van der Waals surface area (Å²) >= 11 is 3.16. The van der Waals surface area contributed by atoms with Gasteiger partial charge < -0.3 is 11.1 Å². The lowest BCUT2D eigenvalue weighted by Crippen LogP contribution is -2.27. The van der Waals surface area contributed by atoms with Gasteiger partial charge in [0, 0.05) is 10.7 Å². The summed E-state index contributed by atoms with van der Waals surface area (Å²) in [6.45, 7) is 1.82. The molecule has 0 aliphatic heterocycles. The van der Waals surface area contributed by atoms with Crippen LogP contribution in [0.15, 0.2) is 41.0 Å². The molecule has 1 atom stereocenters.